The van der Waals surface area contributed by atoms with Crippen LogP contribution in [0.4, 0.5) is 5.69 Å². The average Bonchev–Trinajstić information content (AvgIpc) is 3.04. The van der Waals surface area contributed by atoms with Gasteiger partial charge in [-0.1, -0.05) is 37.6 Å². The molecule has 240 valence electrons. The summed E-state index contributed by atoms with van der Waals surface area (Å²) in [6, 6.07) is 13.4. The predicted molar refractivity (Wildman–Crippen MR) is 175 cm³/mol. The number of carbonyl (C=O) groups is 1. The number of para-hydroxylation sites is 1. The Morgan fingerprint density at radius 3 is 2.61 bits per heavy atom. The number of ether oxygens (including phenoxy) is 3. The van der Waals surface area contributed by atoms with E-state index in [0.717, 1.165) is 27.6 Å². The van der Waals surface area contributed by atoms with E-state index in [-0.39, 0.29) is 34.0 Å². The lowest BCUT2D eigenvalue weighted by molar-refractivity contribution is -0.385. The Labute approximate surface area is 270 Å². The quantitative estimate of drug-likeness (QED) is 0.124. The SMILES string of the molecule is CCOc1cc(C)c(-c2nc3ccccc3c(=O)n2N=Cc2cc(Cl)cc([N+](=O)[O-])c2OCC(=O)N2CCOCC2)cc1C(C)C. The summed E-state index contributed by atoms with van der Waals surface area (Å²) < 4.78 is 18.1. The summed E-state index contributed by atoms with van der Waals surface area (Å²) in [7, 11) is 0. The van der Waals surface area contributed by atoms with Crippen LogP contribution in [0.2, 0.25) is 5.02 Å². The van der Waals surface area contributed by atoms with Gasteiger partial charge in [-0.25, -0.2) is 4.98 Å². The van der Waals surface area contributed by atoms with E-state index in [0.29, 0.717) is 49.4 Å². The molecule has 1 aliphatic heterocycles. The highest BCUT2D eigenvalue weighted by Crippen LogP contribution is 2.36. The Balaban J connectivity index is 1.65. The van der Waals surface area contributed by atoms with Gasteiger partial charge < -0.3 is 19.1 Å². The Kier molecular flexibility index (Phi) is 9.98. The summed E-state index contributed by atoms with van der Waals surface area (Å²) in [5.41, 5.74) is 2.10. The van der Waals surface area contributed by atoms with Crippen molar-refractivity contribution in [3.05, 3.63) is 90.7 Å². The number of hydrogen-bond acceptors (Lipinski definition) is 9. The fourth-order valence-electron chi connectivity index (χ4n) is 5.22. The number of rotatable bonds is 10. The van der Waals surface area contributed by atoms with Crippen LogP contribution in [0.1, 0.15) is 43.4 Å². The number of nitro benzene ring substituents is 1. The number of morpholine rings is 1. The van der Waals surface area contributed by atoms with Gasteiger partial charge in [0.1, 0.15) is 5.75 Å². The number of nitrogens with zero attached hydrogens (tertiary/aromatic N) is 5. The first-order chi connectivity index (χ1) is 22.1. The molecule has 2 heterocycles. The summed E-state index contributed by atoms with van der Waals surface area (Å²) in [5, 5.41) is 16.9. The van der Waals surface area contributed by atoms with Crippen molar-refractivity contribution in [1.82, 2.24) is 14.6 Å². The van der Waals surface area contributed by atoms with Crippen molar-refractivity contribution in [3.8, 4) is 22.9 Å². The molecule has 0 radical (unpaired) electrons. The molecule has 0 bridgehead atoms. The van der Waals surface area contributed by atoms with Crippen molar-refractivity contribution in [2.45, 2.75) is 33.6 Å². The highest BCUT2D eigenvalue weighted by atomic mass is 35.5. The summed E-state index contributed by atoms with van der Waals surface area (Å²) in [6.07, 6.45) is 1.25. The Hall–Kier alpha value is -4.81. The molecule has 1 aliphatic rings. The van der Waals surface area contributed by atoms with Crippen molar-refractivity contribution in [3.63, 3.8) is 0 Å². The molecule has 1 fully saturated rings. The van der Waals surface area contributed by atoms with Crippen molar-refractivity contribution in [1.29, 1.82) is 0 Å². The number of halogens is 1. The average molecular weight is 648 g/mol. The number of fused-ring (bicyclic) bond motifs is 1. The van der Waals surface area contributed by atoms with E-state index in [2.05, 4.69) is 5.10 Å². The zero-order chi connectivity index (χ0) is 33.0. The van der Waals surface area contributed by atoms with Crippen molar-refractivity contribution < 1.29 is 23.9 Å². The van der Waals surface area contributed by atoms with Crippen LogP contribution in [0.3, 0.4) is 0 Å². The van der Waals surface area contributed by atoms with Crippen LogP contribution >= 0.6 is 11.6 Å². The molecule has 13 heteroatoms. The Morgan fingerprint density at radius 2 is 1.91 bits per heavy atom. The highest BCUT2D eigenvalue weighted by molar-refractivity contribution is 6.31. The van der Waals surface area contributed by atoms with Crippen molar-refractivity contribution in [2.24, 2.45) is 5.10 Å². The van der Waals surface area contributed by atoms with Gasteiger partial charge in [0.25, 0.3) is 11.5 Å². The molecule has 1 amide bonds. The second kappa shape index (κ2) is 14.1. The number of carbonyl (C=O) groups excluding carboxylic acids is 1. The number of hydrogen-bond donors (Lipinski definition) is 0. The van der Waals surface area contributed by atoms with Crippen LogP contribution in [0.5, 0.6) is 11.5 Å². The van der Waals surface area contributed by atoms with Gasteiger partial charge in [0.05, 0.1) is 41.9 Å². The molecule has 1 aromatic heterocycles. The number of amides is 1. The van der Waals surface area contributed by atoms with E-state index in [9.17, 15) is 19.7 Å². The van der Waals surface area contributed by atoms with Crippen molar-refractivity contribution in [2.75, 3.05) is 39.5 Å². The molecular weight excluding hydrogens is 614 g/mol. The minimum absolute atomic E-state index is 0.0492. The Bertz CT molecular complexity index is 1880. The zero-order valence-corrected chi connectivity index (χ0v) is 26.7. The maximum absolute atomic E-state index is 13.9. The zero-order valence-electron chi connectivity index (χ0n) is 26.0. The van der Waals surface area contributed by atoms with Gasteiger partial charge in [-0.3, -0.25) is 19.7 Å². The topological polar surface area (TPSA) is 138 Å². The van der Waals surface area contributed by atoms with Crippen LogP contribution in [0.15, 0.2) is 58.4 Å². The third-order valence-electron chi connectivity index (χ3n) is 7.55. The fourth-order valence-corrected chi connectivity index (χ4v) is 5.44. The van der Waals surface area contributed by atoms with Gasteiger partial charge >= 0.3 is 5.69 Å². The maximum Gasteiger partial charge on any atom is 0.313 e. The molecule has 0 spiro atoms. The van der Waals surface area contributed by atoms with Gasteiger partial charge in [0.2, 0.25) is 5.75 Å². The molecular formula is C33H34ClN5O7. The second-order valence-corrected chi connectivity index (χ2v) is 11.4. The van der Waals surface area contributed by atoms with Crippen LogP contribution in [-0.2, 0) is 9.53 Å². The number of nitro groups is 1. The predicted octanol–water partition coefficient (Wildman–Crippen LogP) is 5.58. The molecule has 12 nitrogen and oxygen atoms in total. The molecule has 46 heavy (non-hydrogen) atoms. The molecule has 0 atom stereocenters. The Morgan fingerprint density at radius 1 is 1.17 bits per heavy atom. The number of aryl methyl sites for hydroxylation is 1. The monoisotopic (exact) mass is 647 g/mol. The van der Waals surface area contributed by atoms with Gasteiger partial charge in [-0.15, -0.1) is 0 Å². The molecule has 3 aromatic carbocycles. The number of benzene rings is 3. The second-order valence-electron chi connectivity index (χ2n) is 11.0. The van der Waals surface area contributed by atoms with E-state index in [1.54, 1.807) is 29.2 Å². The van der Waals surface area contributed by atoms with Gasteiger partial charge in [-0.2, -0.15) is 9.78 Å². The van der Waals surface area contributed by atoms with E-state index < -0.39 is 22.8 Å². The van der Waals surface area contributed by atoms with Crippen molar-refractivity contribution >= 4 is 40.3 Å². The molecule has 0 unspecified atom stereocenters. The van der Waals surface area contributed by atoms with E-state index in [4.69, 9.17) is 30.8 Å². The van der Waals surface area contributed by atoms with Crippen LogP contribution in [0, 0.1) is 17.0 Å². The summed E-state index contributed by atoms with van der Waals surface area (Å²) in [6.45, 7) is 9.54. The normalized spacial score (nSPS) is 13.5. The molecule has 0 saturated carbocycles. The third kappa shape index (κ3) is 6.87. The van der Waals surface area contributed by atoms with Crippen LogP contribution < -0.4 is 15.0 Å². The molecule has 0 N–H and O–H groups in total. The van der Waals surface area contributed by atoms with Gasteiger partial charge in [0, 0.05) is 35.3 Å². The fraction of sp³-hybridized carbons (Fsp3) is 0.333. The van der Waals surface area contributed by atoms with E-state index in [1.165, 1.54) is 12.3 Å². The molecule has 0 aliphatic carbocycles. The summed E-state index contributed by atoms with van der Waals surface area (Å²) >= 11 is 6.27. The number of aromatic nitrogens is 2. The van der Waals surface area contributed by atoms with Gasteiger partial charge in [0.15, 0.2) is 12.4 Å². The lowest BCUT2D eigenvalue weighted by Gasteiger charge is -2.26. The first-order valence-electron chi connectivity index (χ1n) is 14.9. The first-order valence-corrected chi connectivity index (χ1v) is 15.3. The minimum atomic E-state index is -0.649. The standard InChI is InChI=1S/C33H34ClN5O7/c1-5-45-29-14-21(4)26(17-25(29)20(2)3)32-36-27-9-7-6-8-24(27)33(41)38(32)35-18-22-15-23(34)16-28(39(42)43)31(22)46-19-30(40)37-10-12-44-13-11-37/h6-9,14-18,20H,5,10-13,19H2,1-4H3. The van der Waals surface area contributed by atoms with Crippen LogP contribution in [0.25, 0.3) is 22.3 Å². The maximum atomic E-state index is 13.9. The lowest BCUT2D eigenvalue weighted by Crippen LogP contribution is -2.43. The van der Waals surface area contributed by atoms with Crippen LogP contribution in [-0.4, -0.2) is 71.1 Å². The third-order valence-corrected chi connectivity index (χ3v) is 7.77. The van der Waals surface area contributed by atoms with E-state index >= 15 is 0 Å². The molecule has 5 rings (SSSR count). The largest absolute Gasteiger partial charge is 0.494 e. The molecule has 1 saturated heterocycles. The minimum Gasteiger partial charge on any atom is -0.494 e. The van der Waals surface area contributed by atoms with Gasteiger partial charge in [-0.05, 0) is 61.2 Å². The first kappa shape index (κ1) is 32.6. The smallest absolute Gasteiger partial charge is 0.313 e. The summed E-state index contributed by atoms with van der Waals surface area (Å²) in [4.78, 5) is 44.5. The molecule has 4 aromatic rings. The highest BCUT2D eigenvalue weighted by Gasteiger charge is 2.24. The van der Waals surface area contributed by atoms with E-state index in [1.807, 2.05) is 39.8 Å². The lowest BCUT2D eigenvalue weighted by atomic mass is 9.96. The summed E-state index contributed by atoms with van der Waals surface area (Å²) in [5.74, 6) is 0.569.